The third kappa shape index (κ3) is 2.64. The zero-order valence-electron chi connectivity index (χ0n) is 12.4. The molecule has 0 bridgehead atoms. The van der Waals surface area contributed by atoms with Crippen LogP contribution in [0, 0.1) is 27.7 Å². The Morgan fingerprint density at radius 2 is 1.86 bits per heavy atom. The summed E-state index contributed by atoms with van der Waals surface area (Å²) in [5.74, 6) is 0.504. The second-order valence-corrected chi connectivity index (χ2v) is 5.76. The number of hydrogen-bond donors (Lipinski definition) is 1. The largest absolute Gasteiger partial charge is 0.286 e. The molecule has 6 nitrogen and oxygen atoms in total. The fourth-order valence-corrected chi connectivity index (χ4v) is 3.12. The SMILES string of the molecule is Cc1cc(C)nc(NN=Cc2c(C)nc3scc(C)n23)n1. The lowest BCUT2D eigenvalue weighted by atomic mass is 10.3. The molecule has 0 unspecified atom stereocenters. The van der Waals surface area contributed by atoms with Crippen LogP contribution < -0.4 is 5.43 Å². The zero-order chi connectivity index (χ0) is 15.0. The number of anilines is 1. The first-order chi connectivity index (χ1) is 10.0. The lowest BCUT2D eigenvalue weighted by Gasteiger charge is -2.01. The molecule has 0 amide bonds. The second-order valence-electron chi connectivity index (χ2n) is 4.92. The maximum atomic E-state index is 4.52. The molecule has 3 aromatic heterocycles. The van der Waals surface area contributed by atoms with Crippen LogP contribution in [0.25, 0.3) is 4.96 Å². The molecule has 21 heavy (non-hydrogen) atoms. The molecule has 0 atom stereocenters. The van der Waals surface area contributed by atoms with Gasteiger partial charge in [0.1, 0.15) is 0 Å². The first-order valence-corrected chi connectivity index (χ1v) is 7.47. The van der Waals surface area contributed by atoms with Crippen LogP contribution in [0.5, 0.6) is 0 Å². The second kappa shape index (κ2) is 5.25. The summed E-state index contributed by atoms with van der Waals surface area (Å²) in [7, 11) is 0. The highest BCUT2D eigenvalue weighted by atomic mass is 32.1. The molecule has 0 spiro atoms. The van der Waals surface area contributed by atoms with Gasteiger partial charge in [0.05, 0.1) is 17.6 Å². The molecule has 3 aromatic rings. The van der Waals surface area contributed by atoms with Gasteiger partial charge in [0, 0.05) is 22.5 Å². The predicted molar refractivity (Wildman–Crippen MR) is 85.3 cm³/mol. The minimum absolute atomic E-state index is 0.504. The van der Waals surface area contributed by atoms with E-state index < -0.39 is 0 Å². The Morgan fingerprint density at radius 1 is 1.14 bits per heavy atom. The molecule has 108 valence electrons. The predicted octanol–water partition coefficient (Wildman–Crippen LogP) is 2.87. The maximum absolute atomic E-state index is 4.52. The summed E-state index contributed by atoms with van der Waals surface area (Å²) >= 11 is 1.63. The topological polar surface area (TPSA) is 67.5 Å². The van der Waals surface area contributed by atoms with E-state index in [1.54, 1.807) is 17.6 Å². The highest BCUT2D eigenvalue weighted by Gasteiger charge is 2.10. The quantitative estimate of drug-likeness (QED) is 0.596. The minimum atomic E-state index is 0.504. The van der Waals surface area contributed by atoms with Crippen LogP contribution in [-0.4, -0.2) is 25.6 Å². The van der Waals surface area contributed by atoms with Gasteiger partial charge in [-0.15, -0.1) is 11.3 Å². The summed E-state index contributed by atoms with van der Waals surface area (Å²) in [6.07, 6.45) is 1.76. The number of aryl methyl sites for hydroxylation is 4. The van der Waals surface area contributed by atoms with Gasteiger partial charge in [-0.25, -0.2) is 20.4 Å². The lowest BCUT2D eigenvalue weighted by Crippen LogP contribution is -2.01. The third-order valence-electron chi connectivity index (χ3n) is 3.09. The first kappa shape index (κ1) is 13.7. The summed E-state index contributed by atoms with van der Waals surface area (Å²) < 4.78 is 2.09. The summed E-state index contributed by atoms with van der Waals surface area (Å²) in [5.41, 5.74) is 7.79. The van der Waals surface area contributed by atoms with Crippen LogP contribution >= 0.6 is 11.3 Å². The first-order valence-electron chi connectivity index (χ1n) is 6.59. The van der Waals surface area contributed by atoms with Crippen molar-refractivity contribution in [1.82, 2.24) is 19.4 Å². The lowest BCUT2D eigenvalue weighted by molar-refractivity contribution is 1.03. The Bertz CT molecular complexity index is 809. The van der Waals surface area contributed by atoms with Crippen LogP contribution in [0.15, 0.2) is 16.5 Å². The van der Waals surface area contributed by atoms with E-state index in [0.29, 0.717) is 5.95 Å². The number of nitrogens with zero attached hydrogens (tertiary/aromatic N) is 5. The monoisotopic (exact) mass is 300 g/mol. The highest BCUT2D eigenvalue weighted by molar-refractivity contribution is 7.15. The molecule has 3 heterocycles. The molecule has 0 saturated carbocycles. The van der Waals surface area contributed by atoms with E-state index in [9.17, 15) is 0 Å². The van der Waals surface area contributed by atoms with Crippen molar-refractivity contribution in [2.75, 3.05) is 5.43 Å². The molecule has 0 saturated heterocycles. The maximum Gasteiger partial charge on any atom is 0.243 e. The minimum Gasteiger partial charge on any atom is -0.286 e. The van der Waals surface area contributed by atoms with Gasteiger partial charge < -0.3 is 0 Å². The molecule has 1 N–H and O–H groups in total. The van der Waals surface area contributed by atoms with Crippen molar-refractivity contribution in [2.24, 2.45) is 5.10 Å². The van der Waals surface area contributed by atoms with Crippen molar-refractivity contribution in [1.29, 1.82) is 0 Å². The summed E-state index contributed by atoms with van der Waals surface area (Å²) in [6.45, 7) is 7.90. The molecule has 0 aliphatic carbocycles. The van der Waals surface area contributed by atoms with E-state index in [0.717, 1.165) is 33.4 Å². The summed E-state index contributed by atoms with van der Waals surface area (Å²) in [6, 6.07) is 1.92. The van der Waals surface area contributed by atoms with Crippen LogP contribution in [0.4, 0.5) is 5.95 Å². The van der Waals surface area contributed by atoms with Crippen molar-refractivity contribution in [3.05, 3.63) is 39.9 Å². The van der Waals surface area contributed by atoms with E-state index in [4.69, 9.17) is 0 Å². The van der Waals surface area contributed by atoms with Gasteiger partial charge in [0.15, 0.2) is 4.96 Å². The molecule has 3 rings (SSSR count). The highest BCUT2D eigenvalue weighted by Crippen LogP contribution is 2.19. The van der Waals surface area contributed by atoms with Crippen LogP contribution in [0.3, 0.4) is 0 Å². The number of aromatic nitrogens is 4. The van der Waals surface area contributed by atoms with Crippen LogP contribution in [0.1, 0.15) is 28.5 Å². The normalized spacial score (nSPS) is 11.6. The number of imidazole rings is 1. The van der Waals surface area contributed by atoms with Gasteiger partial charge in [0.25, 0.3) is 0 Å². The van der Waals surface area contributed by atoms with Crippen molar-refractivity contribution in [3.63, 3.8) is 0 Å². The number of thiazole rings is 1. The summed E-state index contributed by atoms with van der Waals surface area (Å²) in [5, 5.41) is 6.32. The molecule has 0 aliphatic heterocycles. The Balaban J connectivity index is 1.88. The van der Waals surface area contributed by atoms with Crippen molar-refractivity contribution < 1.29 is 0 Å². The third-order valence-corrected chi connectivity index (χ3v) is 4.03. The molecule has 0 aliphatic rings. The van der Waals surface area contributed by atoms with Gasteiger partial charge in [-0.2, -0.15) is 5.10 Å². The van der Waals surface area contributed by atoms with E-state index in [2.05, 4.69) is 42.2 Å². The Labute approximate surface area is 126 Å². The Hall–Kier alpha value is -2.28. The molecular formula is C14H16N6S. The van der Waals surface area contributed by atoms with E-state index in [1.165, 1.54) is 0 Å². The number of rotatable bonds is 3. The van der Waals surface area contributed by atoms with Gasteiger partial charge in [-0.3, -0.25) is 4.40 Å². The van der Waals surface area contributed by atoms with Gasteiger partial charge in [0.2, 0.25) is 5.95 Å². The van der Waals surface area contributed by atoms with Crippen molar-refractivity contribution in [3.8, 4) is 0 Å². The number of fused-ring (bicyclic) bond motifs is 1. The summed E-state index contributed by atoms with van der Waals surface area (Å²) in [4.78, 5) is 14.1. The van der Waals surface area contributed by atoms with E-state index in [-0.39, 0.29) is 0 Å². The zero-order valence-corrected chi connectivity index (χ0v) is 13.2. The standard InChI is InChI=1S/C14H16N6S/c1-8-5-9(2)17-13(16-8)19-15-6-12-11(4)18-14-20(12)10(3)7-21-14/h5-7H,1-4H3,(H,16,17,19). The molecular weight excluding hydrogens is 284 g/mol. The number of hydrogen-bond acceptors (Lipinski definition) is 6. The van der Waals surface area contributed by atoms with Gasteiger partial charge in [-0.05, 0) is 33.8 Å². The van der Waals surface area contributed by atoms with Crippen molar-refractivity contribution >= 4 is 28.5 Å². The fraction of sp³-hybridized carbons (Fsp3) is 0.286. The Morgan fingerprint density at radius 3 is 2.57 bits per heavy atom. The fourth-order valence-electron chi connectivity index (χ4n) is 2.20. The molecule has 0 aromatic carbocycles. The number of hydrazone groups is 1. The average Bonchev–Trinajstić information content (AvgIpc) is 2.89. The molecule has 0 radical (unpaired) electrons. The molecule has 0 fully saturated rings. The van der Waals surface area contributed by atoms with Crippen LogP contribution in [0.2, 0.25) is 0 Å². The smallest absolute Gasteiger partial charge is 0.243 e. The van der Waals surface area contributed by atoms with Crippen LogP contribution in [-0.2, 0) is 0 Å². The molecule has 7 heteroatoms. The number of nitrogens with one attached hydrogen (secondary N) is 1. The van der Waals surface area contributed by atoms with Gasteiger partial charge >= 0.3 is 0 Å². The van der Waals surface area contributed by atoms with E-state index >= 15 is 0 Å². The van der Waals surface area contributed by atoms with Gasteiger partial charge in [-0.1, -0.05) is 0 Å². The average molecular weight is 300 g/mol. The Kier molecular flexibility index (Phi) is 3.42. The van der Waals surface area contributed by atoms with Crippen molar-refractivity contribution in [2.45, 2.75) is 27.7 Å². The van der Waals surface area contributed by atoms with E-state index in [1.807, 2.05) is 26.8 Å².